The minimum Gasteiger partial charge on any atom is -0.375 e. The predicted octanol–water partition coefficient (Wildman–Crippen LogP) is 8.18. The topological polar surface area (TPSA) is 38.8 Å². The lowest BCUT2D eigenvalue weighted by Crippen LogP contribution is -2.35. The highest BCUT2D eigenvalue weighted by Crippen LogP contribution is 2.43. The number of carbonyl (C=O) groups is 1. The molecule has 1 aliphatic carbocycles. The summed E-state index contributed by atoms with van der Waals surface area (Å²) in [5, 5.41) is 0. The second-order valence-electron chi connectivity index (χ2n) is 12.2. The zero-order valence-corrected chi connectivity index (χ0v) is 29.2. The molecule has 5 nitrogen and oxygen atoms in total. The van der Waals surface area contributed by atoms with Gasteiger partial charge >= 0.3 is 0 Å². The predicted molar refractivity (Wildman–Crippen MR) is 198 cm³/mol. The molecule has 1 saturated carbocycles. The summed E-state index contributed by atoms with van der Waals surface area (Å²) in [6, 6.07) is 8.64. The maximum absolute atomic E-state index is 13.7. The average molecular weight is 617 g/mol. The lowest BCUT2D eigenvalue weighted by atomic mass is 9.78. The van der Waals surface area contributed by atoms with E-state index in [2.05, 4.69) is 96.7 Å². The van der Waals surface area contributed by atoms with Crippen molar-refractivity contribution in [2.45, 2.75) is 72.3 Å². The molecule has 2 aliphatic heterocycles. The summed E-state index contributed by atoms with van der Waals surface area (Å²) in [7, 11) is 3.96. The Bertz CT molecular complexity index is 1450. The van der Waals surface area contributed by atoms with Crippen molar-refractivity contribution in [1.82, 2.24) is 18.8 Å². The van der Waals surface area contributed by atoms with Crippen LogP contribution in [0.4, 0.5) is 0 Å². The Hall–Kier alpha value is -3.22. The standard InChI is InChI=1S/C36H50N4OS.C2H6/c1-10-22-39(7)28(4)32-24-30-18-14-15-19-33(30)35-34(29-16-12-11-13-17-29)26(2)20-21-31(23-27(3)40(35)25-32)36(41)37-42(8,9)38(5)6;1-2/h14-15,18-21,23-24,27,29H,2,4,8-13,16-17,22,25H2,1,3,5-7H3,(H,37,41);1-2H3/b21-20-,31-23+,35-34+;. The Morgan fingerprint density at radius 2 is 1.73 bits per heavy atom. The van der Waals surface area contributed by atoms with E-state index in [4.69, 9.17) is 0 Å². The van der Waals surface area contributed by atoms with E-state index in [0.717, 1.165) is 37.1 Å². The first-order valence-electron chi connectivity index (χ1n) is 16.2. The molecule has 4 rings (SSSR count). The van der Waals surface area contributed by atoms with E-state index >= 15 is 0 Å². The first-order valence-corrected chi connectivity index (χ1v) is 18.2. The monoisotopic (exact) mass is 616 g/mol. The Morgan fingerprint density at radius 3 is 2.36 bits per heavy atom. The van der Waals surface area contributed by atoms with E-state index < -0.39 is 9.58 Å². The molecule has 1 unspecified atom stereocenters. The summed E-state index contributed by atoms with van der Waals surface area (Å²) in [6.07, 6.45) is 15.5. The van der Waals surface area contributed by atoms with Crippen molar-refractivity contribution >= 4 is 39.0 Å². The van der Waals surface area contributed by atoms with Crippen molar-refractivity contribution in [2.24, 2.45) is 5.92 Å². The highest BCUT2D eigenvalue weighted by Gasteiger charge is 2.32. The number of allylic oxidation sites excluding steroid dienone is 3. The second-order valence-corrected chi connectivity index (χ2v) is 14.8. The number of nitrogens with zero attached hydrogens (tertiary/aromatic N) is 3. The Kier molecular flexibility index (Phi) is 12.6. The van der Waals surface area contributed by atoms with E-state index in [1.165, 1.54) is 47.2 Å². The molecule has 1 fully saturated rings. The fraction of sp³-hybridized carbons (Fsp3) is 0.447. The van der Waals surface area contributed by atoms with E-state index in [1.807, 2.05) is 44.4 Å². The van der Waals surface area contributed by atoms with Crippen LogP contribution in [0, 0.1) is 5.92 Å². The summed E-state index contributed by atoms with van der Waals surface area (Å²) in [4.78, 5) is 18.4. The van der Waals surface area contributed by atoms with E-state index in [9.17, 15) is 4.79 Å². The highest BCUT2D eigenvalue weighted by molar-refractivity contribution is 8.24. The molecule has 1 atom stereocenters. The summed E-state index contributed by atoms with van der Waals surface area (Å²) < 4.78 is 4.98. The fourth-order valence-electron chi connectivity index (χ4n) is 6.19. The molecule has 2 heterocycles. The molecule has 1 N–H and O–H groups in total. The molecule has 1 aromatic carbocycles. The number of nitrogens with one attached hydrogen (secondary N) is 1. The van der Waals surface area contributed by atoms with Crippen LogP contribution in [-0.2, 0) is 4.79 Å². The number of amides is 1. The number of likely N-dealkylation sites (N-methyl/N-ethyl adjacent to an activating group) is 1. The van der Waals surface area contributed by atoms with E-state index in [1.54, 1.807) is 0 Å². The van der Waals surface area contributed by atoms with Crippen molar-refractivity contribution in [1.29, 1.82) is 0 Å². The second kappa shape index (κ2) is 15.7. The Labute approximate surface area is 269 Å². The summed E-state index contributed by atoms with van der Waals surface area (Å²) >= 11 is 0. The third kappa shape index (κ3) is 8.08. The SMILES string of the molecule is C=C1/C=C\C(C(=O)NS(=C)(=C)N(C)C)=C/C(C)N2CC(C(=C)N(C)CCC)=Cc3ccccc3/C2=C/1C1CCCCC1.CC. The number of benzene rings is 1. The van der Waals surface area contributed by atoms with Gasteiger partial charge in [0.15, 0.2) is 0 Å². The minimum atomic E-state index is -1.95. The van der Waals surface area contributed by atoms with Crippen molar-refractivity contribution in [2.75, 3.05) is 34.2 Å². The van der Waals surface area contributed by atoms with Gasteiger partial charge in [-0.3, -0.25) is 13.8 Å². The summed E-state index contributed by atoms with van der Waals surface area (Å²) in [6.45, 7) is 19.2. The van der Waals surface area contributed by atoms with Crippen LogP contribution < -0.4 is 4.72 Å². The summed E-state index contributed by atoms with van der Waals surface area (Å²) in [5.41, 5.74) is 8.76. The van der Waals surface area contributed by atoms with Gasteiger partial charge in [0.25, 0.3) is 5.91 Å². The van der Waals surface area contributed by atoms with Crippen LogP contribution in [0.25, 0.3) is 11.8 Å². The molecule has 3 aliphatic rings. The molecule has 0 aromatic heterocycles. The smallest absolute Gasteiger partial charge is 0.260 e. The Balaban J connectivity index is 0.00000259. The molecule has 1 aromatic rings. The number of rotatable bonds is 8. The van der Waals surface area contributed by atoms with Gasteiger partial charge in [-0.15, -0.1) is 0 Å². The van der Waals surface area contributed by atoms with Gasteiger partial charge in [-0.2, -0.15) is 0 Å². The maximum Gasteiger partial charge on any atom is 0.260 e. The molecule has 6 heteroatoms. The van der Waals surface area contributed by atoms with Gasteiger partial charge in [0.05, 0.1) is 0 Å². The number of hydrogen-bond donors (Lipinski definition) is 1. The van der Waals surface area contributed by atoms with Gasteiger partial charge < -0.3 is 9.80 Å². The molecular weight excluding hydrogens is 561 g/mol. The maximum atomic E-state index is 13.7. The van der Waals surface area contributed by atoms with E-state index in [-0.39, 0.29) is 11.9 Å². The van der Waals surface area contributed by atoms with Crippen LogP contribution in [0.15, 0.2) is 83.6 Å². The van der Waals surface area contributed by atoms with Crippen molar-refractivity contribution in [3.05, 3.63) is 94.8 Å². The molecule has 0 radical (unpaired) electrons. The van der Waals surface area contributed by atoms with Gasteiger partial charge in [0.1, 0.15) is 0 Å². The van der Waals surface area contributed by atoms with Gasteiger partial charge in [0, 0.05) is 48.7 Å². The van der Waals surface area contributed by atoms with Crippen molar-refractivity contribution in [3.8, 4) is 0 Å². The van der Waals surface area contributed by atoms with Crippen LogP contribution in [-0.4, -0.2) is 72.0 Å². The summed E-state index contributed by atoms with van der Waals surface area (Å²) in [5.74, 6) is 8.64. The van der Waals surface area contributed by atoms with Crippen LogP contribution >= 0.6 is 9.58 Å². The molecular formula is C38H56N4OS. The zero-order chi connectivity index (χ0) is 32.6. The molecule has 0 spiro atoms. The van der Waals surface area contributed by atoms with Crippen LogP contribution in [0.2, 0.25) is 0 Å². The minimum absolute atomic E-state index is 0.0767. The van der Waals surface area contributed by atoms with Gasteiger partial charge in [-0.1, -0.05) is 93.1 Å². The third-order valence-electron chi connectivity index (χ3n) is 8.80. The molecule has 0 saturated heterocycles. The fourth-order valence-corrected chi connectivity index (χ4v) is 6.83. The average Bonchev–Trinajstić information content (AvgIpc) is 3.14. The van der Waals surface area contributed by atoms with Crippen molar-refractivity contribution < 1.29 is 4.79 Å². The molecule has 240 valence electrons. The van der Waals surface area contributed by atoms with Gasteiger partial charge in [-0.25, -0.2) is 0 Å². The van der Waals surface area contributed by atoms with Crippen molar-refractivity contribution in [3.63, 3.8) is 0 Å². The molecule has 0 bridgehead atoms. The Morgan fingerprint density at radius 1 is 1.07 bits per heavy atom. The first-order chi connectivity index (χ1) is 20.9. The lowest BCUT2D eigenvalue weighted by Gasteiger charge is -2.37. The van der Waals surface area contributed by atoms with Crippen LogP contribution in [0.3, 0.4) is 0 Å². The normalized spacial score (nSPS) is 22.8. The largest absolute Gasteiger partial charge is 0.375 e. The van der Waals surface area contributed by atoms with Crippen LogP contribution in [0.5, 0.6) is 0 Å². The molecule has 1 amide bonds. The lowest BCUT2D eigenvalue weighted by molar-refractivity contribution is -0.115. The third-order valence-corrected chi connectivity index (χ3v) is 10.8. The quantitative estimate of drug-likeness (QED) is 0.299. The van der Waals surface area contributed by atoms with Crippen LogP contribution in [0.1, 0.15) is 77.3 Å². The van der Waals surface area contributed by atoms with Gasteiger partial charge in [0.2, 0.25) is 0 Å². The number of fused-ring (bicyclic) bond motifs is 3. The zero-order valence-electron chi connectivity index (χ0n) is 28.4. The van der Waals surface area contributed by atoms with Gasteiger partial charge in [-0.05, 0) is 98.5 Å². The molecule has 44 heavy (non-hydrogen) atoms. The number of hydrogen-bond acceptors (Lipinski definition) is 4. The van der Waals surface area contributed by atoms with E-state index in [0.29, 0.717) is 18.0 Å². The highest BCUT2D eigenvalue weighted by atomic mass is 32.2. The number of carbonyl (C=O) groups excluding carboxylic acids is 1. The first kappa shape index (κ1) is 35.3.